The van der Waals surface area contributed by atoms with Gasteiger partial charge in [-0.05, 0) is 43.5 Å². The van der Waals surface area contributed by atoms with Gasteiger partial charge in [0.05, 0.1) is 22.3 Å². The van der Waals surface area contributed by atoms with Gasteiger partial charge in [0, 0.05) is 37.4 Å². The average Bonchev–Trinajstić information content (AvgIpc) is 2.80. The Kier molecular flexibility index (Phi) is 11.2. The summed E-state index contributed by atoms with van der Waals surface area (Å²) in [5.41, 5.74) is 3.42. The Hall–Kier alpha value is -2.03. The third-order valence-corrected chi connectivity index (χ3v) is 8.94. The van der Waals surface area contributed by atoms with E-state index in [0.717, 1.165) is 11.5 Å². The summed E-state index contributed by atoms with van der Waals surface area (Å²) in [5.74, 6) is 1.36. The molecule has 0 bridgehead atoms. The molecule has 0 heterocycles. The molecule has 6 nitrogen and oxygen atoms in total. The summed E-state index contributed by atoms with van der Waals surface area (Å²) in [6.07, 6.45) is 1.07. The normalized spacial score (nSPS) is 11.5. The van der Waals surface area contributed by atoms with E-state index in [-0.39, 0.29) is 10.8 Å². The van der Waals surface area contributed by atoms with E-state index in [9.17, 15) is 13.2 Å². The minimum atomic E-state index is -3.50. The molecule has 0 radical (unpaired) electrons. The molecule has 182 valence electrons. The molecule has 0 saturated carbocycles. The van der Waals surface area contributed by atoms with Crippen LogP contribution in [0.2, 0.25) is 0 Å². The zero-order valence-electron chi connectivity index (χ0n) is 20.0. The quantitative estimate of drug-likeness (QED) is 0.373. The van der Waals surface area contributed by atoms with Crippen molar-refractivity contribution in [3.05, 3.63) is 59.2 Å². The molecule has 0 aliphatic heterocycles. The molecule has 1 amide bonds. The van der Waals surface area contributed by atoms with Gasteiger partial charge in [0.25, 0.3) is 5.91 Å². The predicted molar refractivity (Wildman–Crippen MR) is 138 cm³/mol. The Bertz CT molecular complexity index is 988. The molecule has 0 aliphatic rings. The first-order chi connectivity index (χ1) is 15.8. The smallest absolute Gasteiger partial charge is 0.253 e. The topological polar surface area (TPSA) is 84.5 Å². The molecule has 0 aromatic heterocycles. The lowest BCUT2D eigenvalue weighted by Gasteiger charge is -2.17. The molecule has 2 N–H and O–H groups in total. The second-order valence-electron chi connectivity index (χ2n) is 7.90. The minimum absolute atomic E-state index is 0.187. The van der Waals surface area contributed by atoms with Gasteiger partial charge < -0.3 is 15.4 Å². The Morgan fingerprint density at radius 3 is 2.39 bits per heavy atom. The summed E-state index contributed by atoms with van der Waals surface area (Å²) in [5, 5.41) is 5.65. The van der Waals surface area contributed by atoms with Crippen LogP contribution in [-0.4, -0.2) is 52.1 Å². The van der Waals surface area contributed by atoms with Crippen LogP contribution in [0.15, 0.2) is 47.4 Å². The van der Waals surface area contributed by atoms with Crippen molar-refractivity contribution in [1.29, 1.82) is 0 Å². The van der Waals surface area contributed by atoms with Crippen molar-refractivity contribution >= 4 is 33.2 Å². The molecule has 0 spiro atoms. The number of sulfone groups is 1. The summed E-state index contributed by atoms with van der Waals surface area (Å²) < 4.78 is 31.1. The predicted octanol–water partition coefficient (Wildman–Crippen LogP) is 4.68. The number of aryl methyl sites for hydroxylation is 1. The van der Waals surface area contributed by atoms with Crippen LogP contribution < -0.4 is 10.6 Å². The monoisotopic (exact) mass is 492 g/mol. The highest BCUT2D eigenvalue weighted by molar-refractivity contribution is 7.98. The highest BCUT2D eigenvalue weighted by Crippen LogP contribution is 2.26. The van der Waals surface area contributed by atoms with Crippen molar-refractivity contribution in [1.82, 2.24) is 5.32 Å². The van der Waals surface area contributed by atoms with E-state index in [1.54, 1.807) is 31.0 Å². The van der Waals surface area contributed by atoms with E-state index in [1.807, 2.05) is 13.8 Å². The number of amides is 1. The fourth-order valence-corrected chi connectivity index (χ4v) is 6.08. The number of nitrogens with one attached hydrogen (secondary N) is 2. The fourth-order valence-electron chi connectivity index (χ4n) is 3.46. The molecule has 8 heteroatoms. The van der Waals surface area contributed by atoms with Gasteiger partial charge in [-0.25, -0.2) is 8.42 Å². The highest BCUT2D eigenvalue weighted by atomic mass is 32.2. The lowest BCUT2D eigenvalue weighted by Crippen LogP contribution is -2.28. The molecule has 2 aromatic rings. The van der Waals surface area contributed by atoms with Gasteiger partial charge in [-0.2, -0.15) is 11.8 Å². The van der Waals surface area contributed by atoms with Gasteiger partial charge >= 0.3 is 0 Å². The van der Waals surface area contributed by atoms with Crippen molar-refractivity contribution in [2.45, 2.75) is 49.5 Å². The first-order valence-electron chi connectivity index (χ1n) is 11.4. The number of ether oxygens (including phenoxy) is 1. The number of hydrogen-bond acceptors (Lipinski definition) is 6. The maximum atomic E-state index is 13.0. The van der Waals surface area contributed by atoms with E-state index < -0.39 is 15.1 Å². The van der Waals surface area contributed by atoms with Gasteiger partial charge in [-0.15, -0.1) is 0 Å². The summed E-state index contributed by atoms with van der Waals surface area (Å²) in [6.45, 7) is 7.29. The number of anilines is 1. The number of hydrogen-bond donors (Lipinski definition) is 2. The molecule has 0 aliphatic carbocycles. The van der Waals surface area contributed by atoms with Gasteiger partial charge in [-0.1, -0.05) is 43.7 Å². The number of methoxy groups -OCH3 is 1. The van der Waals surface area contributed by atoms with Crippen LogP contribution in [0.4, 0.5) is 5.69 Å². The number of benzene rings is 2. The molecule has 2 rings (SSSR count). The van der Waals surface area contributed by atoms with Gasteiger partial charge in [0.15, 0.2) is 9.84 Å². The molecule has 2 aromatic carbocycles. The maximum Gasteiger partial charge on any atom is 0.253 e. The van der Waals surface area contributed by atoms with E-state index in [2.05, 4.69) is 41.8 Å². The molecular weight excluding hydrogens is 456 g/mol. The molecule has 0 saturated heterocycles. The Labute approximate surface area is 202 Å². The average molecular weight is 493 g/mol. The minimum Gasteiger partial charge on any atom is -0.383 e. The lowest BCUT2D eigenvalue weighted by molar-refractivity contribution is 0.0956. The van der Waals surface area contributed by atoms with Gasteiger partial charge in [0.1, 0.15) is 0 Å². The third-order valence-electron chi connectivity index (χ3n) is 5.46. The summed E-state index contributed by atoms with van der Waals surface area (Å²) in [6, 6.07) is 13.2. The third kappa shape index (κ3) is 8.05. The highest BCUT2D eigenvalue weighted by Gasteiger charge is 2.26. The van der Waals surface area contributed by atoms with Crippen molar-refractivity contribution < 1.29 is 17.9 Å². The summed E-state index contributed by atoms with van der Waals surface area (Å²) in [4.78, 5) is 13.2. The summed E-state index contributed by atoms with van der Waals surface area (Å²) >= 11 is 1.74. The van der Waals surface area contributed by atoms with Crippen LogP contribution in [0.3, 0.4) is 0 Å². The standard InChI is InChI=1S/C25H36N2O4S2/c1-5-21(6-2)33(29,30)22-11-12-24(26-13-15-31-4)23(17-22)25(28)27-14-16-32-18-20-9-7-19(3)8-10-20/h7-12,17,21,26H,5-6,13-16,18H2,1-4H3,(H,27,28). The van der Waals surface area contributed by atoms with Crippen molar-refractivity contribution in [3.63, 3.8) is 0 Å². The van der Waals surface area contributed by atoms with Crippen LogP contribution in [0.5, 0.6) is 0 Å². The van der Waals surface area contributed by atoms with Crippen molar-refractivity contribution in [2.75, 3.05) is 37.9 Å². The van der Waals surface area contributed by atoms with Crippen LogP contribution in [0.25, 0.3) is 0 Å². The van der Waals surface area contributed by atoms with E-state index in [4.69, 9.17) is 4.74 Å². The Morgan fingerprint density at radius 2 is 1.76 bits per heavy atom. The van der Waals surface area contributed by atoms with E-state index >= 15 is 0 Å². The van der Waals surface area contributed by atoms with Gasteiger partial charge in [-0.3, -0.25) is 4.79 Å². The molecule has 33 heavy (non-hydrogen) atoms. The van der Waals surface area contributed by atoms with Crippen molar-refractivity contribution in [3.8, 4) is 0 Å². The van der Waals surface area contributed by atoms with Crippen molar-refractivity contribution in [2.24, 2.45) is 0 Å². The lowest BCUT2D eigenvalue weighted by atomic mass is 10.1. The van der Waals surface area contributed by atoms with E-state index in [1.165, 1.54) is 17.2 Å². The fraction of sp³-hybridized carbons (Fsp3) is 0.480. The van der Waals surface area contributed by atoms with Crippen LogP contribution in [0.1, 0.15) is 48.2 Å². The molecule has 0 unspecified atom stereocenters. The SMILES string of the molecule is CCC(CC)S(=O)(=O)c1ccc(NCCOC)c(C(=O)NCCSCc2ccc(C)cc2)c1. The molecular formula is C25H36N2O4S2. The second-order valence-corrected chi connectivity index (χ2v) is 11.2. The van der Waals surface area contributed by atoms with Crippen LogP contribution >= 0.6 is 11.8 Å². The number of carbonyl (C=O) groups excluding carboxylic acids is 1. The zero-order valence-corrected chi connectivity index (χ0v) is 21.7. The number of thioether (sulfide) groups is 1. The Balaban J connectivity index is 2.07. The molecule has 0 fully saturated rings. The summed E-state index contributed by atoms with van der Waals surface area (Å²) in [7, 11) is -1.89. The van der Waals surface area contributed by atoms with E-state index in [0.29, 0.717) is 43.8 Å². The van der Waals surface area contributed by atoms with Crippen LogP contribution in [0, 0.1) is 6.92 Å². The number of carbonyl (C=O) groups is 1. The number of rotatable bonds is 14. The largest absolute Gasteiger partial charge is 0.383 e. The Morgan fingerprint density at radius 1 is 1.06 bits per heavy atom. The zero-order chi connectivity index (χ0) is 24.3. The van der Waals surface area contributed by atoms with Crippen LogP contribution in [-0.2, 0) is 20.3 Å². The maximum absolute atomic E-state index is 13.0. The van der Waals surface area contributed by atoms with Gasteiger partial charge in [0.2, 0.25) is 0 Å². The first kappa shape index (κ1) is 27.2. The second kappa shape index (κ2) is 13.6. The first-order valence-corrected chi connectivity index (χ1v) is 14.1. The molecule has 0 atom stereocenters.